The zero-order valence-corrected chi connectivity index (χ0v) is 11.5. The topological polar surface area (TPSA) is 60.1 Å². The molecule has 3 heteroatoms. The summed E-state index contributed by atoms with van der Waals surface area (Å²) in [5.41, 5.74) is 2.40. The van der Waals surface area contributed by atoms with Gasteiger partial charge in [0.2, 0.25) is 0 Å². The van der Waals surface area contributed by atoms with E-state index in [-0.39, 0.29) is 6.10 Å². The molecule has 1 heterocycles. The van der Waals surface area contributed by atoms with Gasteiger partial charge in [-0.15, -0.1) is 0 Å². The smallest absolute Gasteiger partial charge is 0.125 e. The molecule has 0 aliphatic carbocycles. The van der Waals surface area contributed by atoms with Gasteiger partial charge in [-0.25, -0.2) is 0 Å². The van der Waals surface area contributed by atoms with Gasteiger partial charge in [0.25, 0.3) is 0 Å². The highest BCUT2D eigenvalue weighted by atomic mass is 16.6. The number of nitriles is 2. The minimum Gasteiger partial charge on any atom is -0.356 e. The van der Waals surface area contributed by atoms with Crippen molar-refractivity contribution in [1.29, 1.82) is 10.5 Å². The van der Waals surface area contributed by atoms with Crippen LogP contribution in [0.25, 0.3) is 0 Å². The molecule has 0 unspecified atom stereocenters. The average Bonchev–Trinajstić information content (AvgIpc) is 3.30. The molecule has 0 N–H and O–H groups in total. The Balaban J connectivity index is 1.90. The van der Waals surface area contributed by atoms with Crippen molar-refractivity contribution in [3.63, 3.8) is 0 Å². The normalized spacial score (nSPS) is 23.0. The summed E-state index contributed by atoms with van der Waals surface area (Å²) in [6.07, 6.45) is 1.10. The third-order valence-electron chi connectivity index (χ3n) is 3.91. The quantitative estimate of drug-likeness (QED) is 0.796. The van der Waals surface area contributed by atoms with Gasteiger partial charge in [0.05, 0.1) is 17.7 Å². The van der Waals surface area contributed by atoms with E-state index in [9.17, 15) is 0 Å². The van der Waals surface area contributed by atoms with Crippen molar-refractivity contribution in [1.82, 2.24) is 0 Å². The van der Waals surface area contributed by atoms with E-state index in [1.807, 2.05) is 42.5 Å². The van der Waals surface area contributed by atoms with Crippen molar-refractivity contribution in [2.45, 2.75) is 24.5 Å². The molecule has 0 saturated carbocycles. The molecule has 0 radical (unpaired) electrons. The SMILES string of the molecule is N#CCC[C@]1(c2ccccc2)O[C@@H]1c1ccc(C#N)cc1. The number of epoxide rings is 1. The first-order chi connectivity index (χ1) is 10.3. The molecule has 1 saturated heterocycles. The fourth-order valence-corrected chi connectivity index (χ4v) is 2.76. The number of hydrogen-bond acceptors (Lipinski definition) is 3. The van der Waals surface area contributed by atoms with E-state index in [1.54, 1.807) is 12.1 Å². The summed E-state index contributed by atoms with van der Waals surface area (Å²) >= 11 is 0. The standard InChI is InChI=1S/C18H14N2O/c19-12-4-11-18(16-5-2-1-3-6-16)17(21-18)15-9-7-14(13-20)8-10-15/h1-3,5-10,17H,4,11H2/t17-,18-/m1/s1. The molecule has 3 rings (SSSR count). The first-order valence-electron chi connectivity index (χ1n) is 6.90. The lowest BCUT2D eigenvalue weighted by molar-refractivity contribution is 0.285. The van der Waals surface area contributed by atoms with Crippen LogP contribution in [0, 0.1) is 22.7 Å². The Hall–Kier alpha value is -2.62. The zero-order valence-electron chi connectivity index (χ0n) is 11.5. The summed E-state index contributed by atoms with van der Waals surface area (Å²) < 4.78 is 6.02. The van der Waals surface area contributed by atoms with Crippen LogP contribution in [0.4, 0.5) is 0 Å². The minimum absolute atomic E-state index is 0.0407. The second kappa shape index (κ2) is 5.40. The number of hydrogen-bond donors (Lipinski definition) is 0. The maximum absolute atomic E-state index is 8.89. The Kier molecular flexibility index (Phi) is 3.44. The van der Waals surface area contributed by atoms with Crippen molar-refractivity contribution >= 4 is 0 Å². The highest BCUT2D eigenvalue weighted by molar-refractivity contribution is 5.39. The van der Waals surface area contributed by atoms with Crippen molar-refractivity contribution in [2.75, 3.05) is 0 Å². The predicted octanol–water partition coefficient (Wildman–Crippen LogP) is 3.83. The van der Waals surface area contributed by atoms with E-state index in [2.05, 4.69) is 12.1 Å². The van der Waals surface area contributed by atoms with E-state index in [4.69, 9.17) is 15.3 Å². The maximum Gasteiger partial charge on any atom is 0.125 e. The van der Waals surface area contributed by atoms with Crippen LogP contribution < -0.4 is 0 Å². The summed E-state index contributed by atoms with van der Waals surface area (Å²) in [5, 5.41) is 17.8. The molecule has 0 aromatic heterocycles. The van der Waals surface area contributed by atoms with Gasteiger partial charge in [-0.2, -0.15) is 10.5 Å². The fraction of sp³-hybridized carbons (Fsp3) is 0.222. The van der Waals surface area contributed by atoms with E-state index in [0.717, 1.165) is 11.1 Å². The molecule has 0 spiro atoms. The molecule has 102 valence electrons. The zero-order chi connectivity index (χ0) is 14.7. The molecule has 1 aliphatic rings. The molecule has 1 fully saturated rings. The van der Waals surface area contributed by atoms with Crippen LogP contribution in [-0.4, -0.2) is 0 Å². The lowest BCUT2D eigenvalue weighted by Crippen LogP contribution is -2.10. The van der Waals surface area contributed by atoms with Crippen LogP contribution in [0.1, 0.15) is 35.6 Å². The van der Waals surface area contributed by atoms with Gasteiger partial charge in [-0.3, -0.25) is 0 Å². The van der Waals surface area contributed by atoms with Crippen LogP contribution in [0.2, 0.25) is 0 Å². The van der Waals surface area contributed by atoms with Gasteiger partial charge in [-0.1, -0.05) is 42.5 Å². The fourth-order valence-electron chi connectivity index (χ4n) is 2.76. The molecule has 0 amide bonds. The van der Waals surface area contributed by atoms with Crippen LogP contribution in [0.15, 0.2) is 54.6 Å². The van der Waals surface area contributed by atoms with Crippen LogP contribution in [-0.2, 0) is 10.3 Å². The van der Waals surface area contributed by atoms with Gasteiger partial charge in [-0.05, 0) is 29.7 Å². The number of nitrogens with zero attached hydrogens (tertiary/aromatic N) is 2. The molecular formula is C18H14N2O. The van der Waals surface area contributed by atoms with Crippen LogP contribution >= 0.6 is 0 Å². The number of ether oxygens (including phenoxy) is 1. The summed E-state index contributed by atoms with van der Waals surface area (Å²) in [5.74, 6) is 0. The monoisotopic (exact) mass is 274 g/mol. The average molecular weight is 274 g/mol. The lowest BCUT2D eigenvalue weighted by atomic mass is 9.88. The molecule has 2 aromatic rings. The van der Waals surface area contributed by atoms with E-state index in [0.29, 0.717) is 18.4 Å². The Morgan fingerprint density at radius 3 is 2.33 bits per heavy atom. The Labute approximate surface area is 124 Å². The largest absolute Gasteiger partial charge is 0.356 e. The van der Waals surface area contributed by atoms with E-state index < -0.39 is 5.60 Å². The molecule has 2 aromatic carbocycles. The highest BCUT2D eigenvalue weighted by Crippen LogP contribution is 2.59. The highest BCUT2D eigenvalue weighted by Gasteiger charge is 2.57. The molecule has 2 atom stereocenters. The van der Waals surface area contributed by atoms with Gasteiger partial charge < -0.3 is 4.74 Å². The first-order valence-corrected chi connectivity index (χ1v) is 6.90. The summed E-state index contributed by atoms with van der Waals surface area (Å²) in [6.45, 7) is 0. The number of benzene rings is 2. The first kappa shape index (κ1) is 13.4. The third-order valence-corrected chi connectivity index (χ3v) is 3.91. The van der Waals surface area contributed by atoms with E-state index >= 15 is 0 Å². The molecule has 1 aliphatic heterocycles. The van der Waals surface area contributed by atoms with Crippen molar-refractivity contribution in [3.05, 3.63) is 71.3 Å². The van der Waals surface area contributed by atoms with Gasteiger partial charge in [0.1, 0.15) is 11.7 Å². The molecule has 0 bridgehead atoms. The van der Waals surface area contributed by atoms with Crippen molar-refractivity contribution < 1.29 is 4.74 Å². The Morgan fingerprint density at radius 1 is 1.00 bits per heavy atom. The molecule has 3 nitrogen and oxygen atoms in total. The molecule has 21 heavy (non-hydrogen) atoms. The second-order valence-corrected chi connectivity index (χ2v) is 5.15. The van der Waals surface area contributed by atoms with Crippen molar-refractivity contribution in [2.24, 2.45) is 0 Å². The van der Waals surface area contributed by atoms with Gasteiger partial charge in [0.15, 0.2) is 0 Å². The minimum atomic E-state index is -0.398. The van der Waals surface area contributed by atoms with Crippen molar-refractivity contribution in [3.8, 4) is 12.1 Å². The van der Waals surface area contributed by atoms with Crippen LogP contribution in [0.5, 0.6) is 0 Å². The number of rotatable bonds is 4. The molecular weight excluding hydrogens is 260 g/mol. The second-order valence-electron chi connectivity index (χ2n) is 5.15. The third kappa shape index (κ3) is 2.40. The Bertz CT molecular complexity index is 710. The summed E-state index contributed by atoms with van der Waals surface area (Å²) in [6, 6.07) is 21.8. The van der Waals surface area contributed by atoms with E-state index in [1.165, 1.54) is 0 Å². The lowest BCUT2D eigenvalue weighted by Gasteiger charge is -2.11. The van der Waals surface area contributed by atoms with Crippen LogP contribution in [0.3, 0.4) is 0 Å². The summed E-state index contributed by atoms with van der Waals surface area (Å²) in [4.78, 5) is 0. The predicted molar refractivity (Wildman–Crippen MR) is 78.0 cm³/mol. The van der Waals surface area contributed by atoms with Gasteiger partial charge >= 0.3 is 0 Å². The summed E-state index contributed by atoms with van der Waals surface area (Å²) in [7, 11) is 0. The maximum atomic E-state index is 8.89. The van der Waals surface area contributed by atoms with Gasteiger partial charge in [0, 0.05) is 6.42 Å². The Morgan fingerprint density at radius 2 is 1.71 bits per heavy atom.